The minimum absolute atomic E-state index is 0.184. The summed E-state index contributed by atoms with van der Waals surface area (Å²) in [7, 11) is 0. The van der Waals surface area contributed by atoms with Gasteiger partial charge in [-0.3, -0.25) is 4.98 Å². The summed E-state index contributed by atoms with van der Waals surface area (Å²) in [6.45, 7) is 0. The van der Waals surface area contributed by atoms with Crippen molar-refractivity contribution in [3.8, 4) is 5.75 Å². The molecule has 0 unspecified atom stereocenters. The quantitative estimate of drug-likeness (QED) is 0.718. The molecular formula is C9H9N3O. The van der Waals surface area contributed by atoms with Crippen LogP contribution in [0.15, 0.2) is 30.7 Å². The van der Waals surface area contributed by atoms with Crippen LogP contribution in [0, 0.1) is 0 Å². The number of H-pyrrole nitrogens is 1. The molecule has 2 N–H and O–H groups in total. The monoisotopic (exact) mass is 175 g/mol. The molecule has 0 aromatic carbocycles. The molecule has 0 fully saturated rings. The van der Waals surface area contributed by atoms with E-state index in [0.29, 0.717) is 6.42 Å². The highest BCUT2D eigenvalue weighted by atomic mass is 16.3. The molecule has 2 aromatic heterocycles. The van der Waals surface area contributed by atoms with Crippen LogP contribution >= 0.6 is 0 Å². The molecule has 0 amide bonds. The lowest BCUT2D eigenvalue weighted by Gasteiger charge is -1.96. The van der Waals surface area contributed by atoms with Gasteiger partial charge in [0.2, 0.25) is 0 Å². The molecule has 2 heterocycles. The second kappa shape index (κ2) is 3.26. The molecule has 4 heteroatoms. The maximum absolute atomic E-state index is 9.00. The zero-order chi connectivity index (χ0) is 9.10. The molecule has 13 heavy (non-hydrogen) atoms. The van der Waals surface area contributed by atoms with E-state index in [1.54, 1.807) is 24.5 Å². The topological polar surface area (TPSA) is 61.8 Å². The van der Waals surface area contributed by atoms with Gasteiger partial charge in [0, 0.05) is 24.5 Å². The molecule has 0 aliphatic rings. The molecular weight excluding hydrogens is 166 g/mol. The first-order chi connectivity index (χ1) is 6.34. The van der Waals surface area contributed by atoms with Crippen LogP contribution in [0.5, 0.6) is 5.75 Å². The Morgan fingerprint density at radius 3 is 2.85 bits per heavy atom. The maximum atomic E-state index is 9.00. The fourth-order valence-electron chi connectivity index (χ4n) is 1.09. The highest BCUT2D eigenvalue weighted by Crippen LogP contribution is 2.08. The van der Waals surface area contributed by atoms with Crippen LogP contribution < -0.4 is 0 Å². The number of imidazole rings is 1. The maximum Gasteiger partial charge on any atom is 0.133 e. The van der Waals surface area contributed by atoms with E-state index in [1.807, 2.05) is 0 Å². The van der Waals surface area contributed by atoms with Gasteiger partial charge in [0.05, 0.1) is 6.20 Å². The third-order valence-corrected chi connectivity index (χ3v) is 1.71. The zero-order valence-corrected chi connectivity index (χ0v) is 6.94. The Bertz CT molecular complexity index is 366. The Morgan fingerprint density at radius 1 is 1.31 bits per heavy atom. The number of hydrogen-bond donors (Lipinski definition) is 2. The van der Waals surface area contributed by atoms with Gasteiger partial charge in [0.25, 0.3) is 0 Å². The van der Waals surface area contributed by atoms with Crippen LogP contribution in [-0.2, 0) is 6.42 Å². The van der Waals surface area contributed by atoms with Crippen LogP contribution in [0.3, 0.4) is 0 Å². The molecule has 0 aliphatic heterocycles. The molecule has 0 aliphatic carbocycles. The van der Waals surface area contributed by atoms with E-state index in [4.69, 9.17) is 5.11 Å². The van der Waals surface area contributed by atoms with Gasteiger partial charge in [0.1, 0.15) is 11.6 Å². The molecule has 0 atom stereocenters. The van der Waals surface area contributed by atoms with Crippen LogP contribution in [-0.4, -0.2) is 20.1 Å². The summed E-state index contributed by atoms with van der Waals surface area (Å²) in [6.07, 6.45) is 5.57. The summed E-state index contributed by atoms with van der Waals surface area (Å²) in [5, 5.41) is 9.00. The van der Waals surface area contributed by atoms with Crippen molar-refractivity contribution in [3.05, 3.63) is 42.2 Å². The Balaban J connectivity index is 2.15. The number of hydrogen-bond acceptors (Lipinski definition) is 3. The first-order valence-corrected chi connectivity index (χ1v) is 3.97. The first-order valence-electron chi connectivity index (χ1n) is 3.97. The normalized spacial score (nSPS) is 10.2. The van der Waals surface area contributed by atoms with Gasteiger partial charge in [-0.15, -0.1) is 0 Å². The standard InChI is InChI=1S/C9H9N3O/c13-8-2-1-7(12-6-8)5-9-10-3-4-11-9/h1-4,6,13H,5H2,(H,10,11). The van der Waals surface area contributed by atoms with Crippen molar-refractivity contribution in [2.24, 2.45) is 0 Å². The Hall–Kier alpha value is -1.84. The van der Waals surface area contributed by atoms with Gasteiger partial charge in [-0.1, -0.05) is 0 Å². The molecule has 66 valence electrons. The molecule has 0 saturated carbocycles. The Kier molecular flexibility index (Phi) is 1.96. The van der Waals surface area contributed by atoms with Crippen molar-refractivity contribution in [3.63, 3.8) is 0 Å². The molecule has 0 spiro atoms. The van der Waals surface area contributed by atoms with Crippen LogP contribution in [0.1, 0.15) is 11.5 Å². The van der Waals surface area contributed by atoms with Crippen molar-refractivity contribution in [2.45, 2.75) is 6.42 Å². The number of aromatic hydroxyl groups is 1. The van der Waals surface area contributed by atoms with E-state index in [2.05, 4.69) is 15.0 Å². The average Bonchev–Trinajstić information content (AvgIpc) is 2.62. The lowest BCUT2D eigenvalue weighted by Crippen LogP contribution is -1.92. The highest BCUT2D eigenvalue weighted by molar-refractivity contribution is 5.19. The summed E-state index contributed by atoms with van der Waals surface area (Å²) in [4.78, 5) is 11.1. The van der Waals surface area contributed by atoms with Gasteiger partial charge in [0.15, 0.2) is 0 Å². The molecule has 0 saturated heterocycles. The third kappa shape index (κ3) is 1.84. The van der Waals surface area contributed by atoms with Crippen molar-refractivity contribution >= 4 is 0 Å². The third-order valence-electron chi connectivity index (χ3n) is 1.71. The molecule has 4 nitrogen and oxygen atoms in total. The van der Waals surface area contributed by atoms with E-state index in [0.717, 1.165) is 11.5 Å². The fraction of sp³-hybridized carbons (Fsp3) is 0.111. The van der Waals surface area contributed by atoms with Crippen LogP contribution in [0.2, 0.25) is 0 Å². The molecule has 0 radical (unpaired) electrons. The predicted molar refractivity (Wildman–Crippen MR) is 47.3 cm³/mol. The van der Waals surface area contributed by atoms with E-state index < -0.39 is 0 Å². The van der Waals surface area contributed by atoms with Crippen molar-refractivity contribution in [1.82, 2.24) is 15.0 Å². The first kappa shape index (κ1) is 7.79. The van der Waals surface area contributed by atoms with Gasteiger partial charge in [-0.2, -0.15) is 0 Å². The average molecular weight is 175 g/mol. The van der Waals surface area contributed by atoms with E-state index in [-0.39, 0.29) is 5.75 Å². The molecule has 2 aromatic rings. The van der Waals surface area contributed by atoms with Gasteiger partial charge >= 0.3 is 0 Å². The Morgan fingerprint density at radius 2 is 2.23 bits per heavy atom. The van der Waals surface area contributed by atoms with Crippen molar-refractivity contribution in [2.75, 3.05) is 0 Å². The predicted octanol–water partition coefficient (Wildman–Crippen LogP) is 1.10. The zero-order valence-electron chi connectivity index (χ0n) is 6.94. The highest BCUT2D eigenvalue weighted by Gasteiger charge is 1.98. The molecule has 2 rings (SSSR count). The van der Waals surface area contributed by atoms with E-state index in [1.165, 1.54) is 6.20 Å². The van der Waals surface area contributed by atoms with Crippen LogP contribution in [0.4, 0.5) is 0 Å². The van der Waals surface area contributed by atoms with Gasteiger partial charge < -0.3 is 10.1 Å². The summed E-state index contributed by atoms with van der Waals surface area (Å²) in [5.74, 6) is 1.06. The minimum Gasteiger partial charge on any atom is -0.506 e. The number of rotatable bonds is 2. The lowest BCUT2D eigenvalue weighted by molar-refractivity contribution is 0.472. The van der Waals surface area contributed by atoms with Crippen molar-refractivity contribution < 1.29 is 5.11 Å². The van der Waals surface area contributed by atoms with Gasteiger partial charge in [-0.05, 0) is 12.1 Å². The lowest BCUT2D eigenvalue weighted by atomic mass is 10.2. The van der Waals surface area contributed by atoms with E-state index in [9.17, 15) is 0 Å². The minimum atomic E-state index is 0.184. The largest absolute Gasteiger partial charge is 0.506 e. The number of nitrogens with one attached hydrogen (secondary N) is 1. The van der Waals surface area contributed by atoms with Crippen molar-refractivity contribution in [1.29, 1.82) is 0 Å². The molecule has 0 bridgehead atoms. The summed E-state index contributed by atoms with van der Waals surface area (Å²) in [6, 6.07) is 3.39. The summed E-state index contributed by atoms with van der Waals surface area (Å²) < 4.78 is 0. The Labute approximate surface area is 75.3 Å². The van der Waals surface area contributed by atoms with E-state index >= 15 is 0 Å². The number of pyridine rings is 1. The number of aromatic nitrogens is 3. The number of aromatic amines is 1. The second-order valence-corrected chi connectivity index (χ2v) is 2.72. The smallest absolute Gasteiger partial charge is 0.133 e. The number of nitrogens with zero attached hydrogens (tertiary/aromatic N) is 2. The summed E-state index contributed by atoms with van der Waals surface area (Å²) in [5.41, 5.74) is 0.882. The second-order valence-electron chi connectivity index (χ2n) is 2.72. The fourth-order valence-corrected chi connectivity index (χ4v) is 1.09. The van der Waals surface area contributed by atoms with Gasteiger partial charge in [-0.25, -0.2) is 4.98 Å². The SMILES string of the molecule is Oc1ccc(Cc2ncc[nH]2)nc1. The van der Waals surface area contributed by atoms with Crippen LogP contribution in [0.25, 0.3) is 0 Å². The summed E-state index contributed by atoms with van der Waals surface area (Å²) >= 11 is 0.